The smallest absolute Gasteiger partial charge is 0.126 e. The second kappa shape index (κ2) is 5.80. The molecule has 100 valence electrons. The zero-order valence-corrected chi connectivity index (χ0v) is 10.6. The van der Waals surface area contributed by atoms with E-state index in [2.05, 4.69) is 0 Å². The van der Waals surface area contributed by atoms with Crippen molar-refractivity contribution in [2.45, 2.75) is 19.6 Å². The molecule has 2 nitrogen and oxygen atoms in total. The highest BCUT2D eigenvalue weighted by molar-refractivity contribution is 5.29. The molecule has 0 aliphatic heterocycles. The summed E-state index contributed by atoms with van der Waals surface area (Å²) < 4.78 is 31.4. The Morgan fingerprint density at radius 1 is 1.05 bits per heavy atom. The fourth-order valence-corrected chi connectivity index (χ4v) is 1.73. The first-order valence-corrected chi connectivity index (χ1v) is 5.98. The first kappa shape index (κ1) is 13.5. The SMILES string of the molecule is CC(N)c1ccc(OCc2cc(F)cc(F)c2)cc1. The Kier molecular flexibility index (Phi) is 4.12. The minimum Gasteiger partial charge on any atom is -0.489 e. The van der Waals surface area contributed by atoms with Crippen LogP contribution in [0.4, 0.5) is 8.78 Å². The van der Waals surface area contributed by atoms with Crippen molar-refractivity contribution in [1.82, 2.24) is 0 Å². The normalized spacial score (nSPS) is 12.2. The van der Waals surface area contributed by atoms with Gasteiger partial charge in [0.2, 0.25) is 0 Å². The van der Waals surface area contributed by atoms with Crippen molar-refractivity contribution < 1.29 is 13.5 Å². The zero-order chi connectivity index (χ0) is 13.8. The summed E-state index contributed by atoms with van der Waals surface area (Å²) in [6, 6.07) is 10.6. The van der Waals surface area contributed by atoms with E-state index in [0.717, 1.165) is 11.6 Å². The molecular formula is C15H15F2NO. The summed E-state index contributed by atoms with van der Waals surface area (Å²) in [4.78, 5) is 0. The van der Waals surface area contributed by atoms with Crippen molar-refractivity contribution >= 4 is 0 Å². The van der Waals surface area contributed by atoms with Gasteiger partial charge in [0.25, 0.3) is 0 Å². The van der Waals surface area contributed by atoms with Crippen LogP contribution in [0.2, 0.25) is 0 Å². The first-order chi connectivity index (χ1) is 9.04. The minimum atomic E-state index is -0.606. The van der Waals surface area contributed by atoms with Crippen molar-refractivity contribution in [2.75, 3.05) is 0 Å². The molecule has 1 atom stereocenters. The molecule has 0 aromatic heterocycles. The number of nitrogens with two attached hydrogens (primary N) is 1. The van der Waals surface area contributed by atoms with E-state index < -0.39 is 11.6 Å². The third-order valence-corrected chi connectivity index (χ3v) is 2.73. The summed E-state index contributed by atoms with van der Waals surface area (Å²) in [7, 11) is 0. The molecule has 0 bridgehead atoms. The van der Waals surface area contributed by atoms with Gasteiger partial charge in [0, 0.05) is 12.1 Å². The number of benzene rings is 2. The van der Waals surface area contributed by atoms with Crippen molar-refractivity contribution in [1.29, 1.82) is 0 Å². The molecule has 0 heterocycles. The lowest BCUT2D eigenvalue weighted by molar-refractivity contribution is 0.304. The van der Waals surface area contributed by atoms with Gasteiger partial charge in [0.1, 0.15) is 24.0 Å². The predicted octanol–water partition coefficient (Wildman–Crippen LogP) is 3.56. The molecule has 0 spiro atoms. The van der Waals surface area contributed by atoms with Gasteiger partial charge in [-0.1, -0.05) is 12.1 Å². The Labute approximate surface area is 110 Å². The van der Waals surface area contributed by atoms with E-state index in [1.807, 2.05) is 19.1 Å². The van der Waals surface area contributed by atoms with Crippen LogP contribution in [0.25, 0.3) is 0 Å². The second-order valence-corrected chi connectivity index (χ2v) is 4.42. The van der Waals surface area contributed by atoms with Crippen LogP contribution in [-0.4, -0.2) is 0 Å². The van der Waals surface area contributed by atoms with Crippen LogP contribution >= 0.6 is 0 Å². The Hall–Kier alpha value is -1.94. The van der Waals surface area contributed by atoms with Crippen LogP contribution in [0.5, 0.6) is 5.75 Å². The molecule has 2 aromatic carbocycles. The van der Waals surface area contributed by atoms with Gasteiger partial charge in [0.05, 0.1) is 0 Å². The van der Waals surface area contributed by atoms with E-state index >= 15 is 0 Å². The Balaban J connectivity index is 2.02. The molecule has 4 heteroatoms. The van der Waals surface area contributed by atoms with E-state index in [9.17, 15) is 8.78 Å². The molecule has 1 unspecified atom stereocenters. The topological polar surface area (TPSA) is 35.2 Å². The molecule has 0 aliphatic rings. The molecule has 0 saturated heterocycles. The van der Waals surface area contributed by atoms with Crippen LogP contribution in [-0.2, 0) is 6.61 Å². The fourth-order valence-electron chi connectivity index (χ4n) is 1.73. The zero-order valence-electron chi connectivity index (χ0n) is 10.6. The van der Waals surface area contributed by atoms with E-state index in [-0.39, 0.29) is 12.6 Å². The summed E-state index contributed by atoms with van der Waals surface area (Å²) in [5, 5.41) is 0. The third kappa shape index (κ3) is 3.76. The van der Waals surface area contributed by atoms with E-state index in [4.69, 9.17) is 10.5 Å². The van der Waals surface area contributed by atoms with Crippen molar-refractivity contribution in [2.24, 2.45) is 5.73 Å². The largest absolute Gasteiger partial charge is 0.489 e. The first-order valence-electron chi connectivity index (χ1n) is 5.98. The Morgan fingerprint density at radius 2 is 1.63 bits per heavy atom. The highest BCUT2D eigenvalue weighted by Crippen LogP contribution is 2.18. The van der Waals surface area contributed by atoms with Crippen molar-refractivity contribution in [3.8, 4) is 5.75 Å². The number of hydrogen-bond donors (Lipinski definition) is 1. The maximum atomic E-state index is 13.0. The van der Waals surface area contributed by atoms with Gasteiger partial charge in [-0.3, -0.25) is 0 Å². The lowest BCUT2D eigenvalue weighted by Gasteiger charge is -2.09. The molecule has 0 amide bonds. The molecule has 0 aliphatic carbocycles. The molecule has 0 fully saturated rings. The standard InChI is InChI=1S/C15H15F2NO/c1-10(18)12-2-4-15(5-3-12)19-9-11-6-13(16)8-14(17)7-11/h2-8,10H,9,18H2,1H3. The minimum absolute atomic E-state index is 0.0358. The predicted molar refractivity (Wildman–Crippen MR) is 69.7 cm³/mol. The van der Waals surface area contributed by atoms with Gasteiger partial charge in [-0.05, 0) is 42.3 Å². The molecule has 2 N–H and O–H groups in total. The lowest BCUT2D eigenvalue weighted by Crippen LogP contribution is -2.04. The quantitative estimate of drug-likeness (QED) is 0.915. The third-order valence-electron chi connectivity index (χ3n) is 2.73. The lowest BCUT2D eigenvalue weighted by atomic mass is 10.1. The van der Waals surface area contributed by atoms with Crippen molar-refractivity contribution in [3.05, 3.63) is 65.2 Å². The molecule has 2 aromatic rings. The fraction of sp³-hybridized carbons (Fsp3) is 0.200. The van der Waals surface area contributed by atoms with Gasteiger partial charge < -0.3 is 10.5 Å². The number of ether oxygens (including phenoxy) is 1. The highest BCUT2D eigenvalue weighted by Gasteiger charge is 2.03. The Bertz CT molecular complexity index is 532. The monoisotopic (exact) mass is 263 g/mol. The van der Waals surface area contributed by atoms with Gasteiger partial charge >= 0.3 is 0 Å². The summed E-state index contributed by atoms with van der Waals surface area (Å²) in [6.45, 7) is 2.01. The summed E-state index contributed by atoms with van der Waals surface area (Å²) in [6.07, 6.45) is 0. The van der Waals surface area contributed by atoms with E-state index in [1.54, 1.807) is 12.1 Å². The molecule has 0 radical (unpaired) electrons. The second-order valence-electron chi connectivity index (χ2n) is 4.42. The van der Waals surface area contributed by atoms with Crippen LogP contribution in [0, 0.1) is 11.6 Å². The van der Waals surface area contributed by atoms with Gasteiger partial charge in [-0.15, -0.1) is 0 Å². The maximum Gasteiger partial charge on any atom is 0.126 e. The van der Waals surface area contributed by atoms with Crippen LogP contribution in [0.1, 0.15) is 24.1 Å². The van der Waals surface area contributed by atoms with Crippen LogP contribution in [0.3, 0.4) is 0 Å². The summed E-state index contributed by atoms with van der Waals surface area (Å²) in [5.74, 6) is -0.578. The average molecular weight is 263 g/mol. The molecular weight excluding hydrogens is 248 g/mol. The average Bonchev–Trinajstić information content (AvgIpc) is 2.36. The molecule has 19 heavy (non-hydrogen) atoms. The number of rotatable bonds is 4. The van der Waals surface area contributed by atoms with Crippen LogP contribution < -0.4 is 10.5 Å². The van der Waals surface area contributed by atoms with Crippen molar-refractivity contribution in [3.63, 3.8) is 0 Å². The molecule has 2 rings (SSSR count). The van der Waals surface area contributed by atoms with E-state index in [0.29, 0.717) is 11.3 Å². The number of halogens is 2. The van der Waals surface area contributed by atoms with Gasteiger partial charge in [0.15, 0.2) is 0 Å². The van der Waals surface area contributed by atoms with E-state index in [1.165, 1.54) is 12.1 Å². The summed E-state index contributed by atoms with van der Waals surface area (Å²) >= 11 is 0. The highest BCUT2D eigenvalue weighted by atomic mass is 19.1. The Morgan fingerprint density at radius 3 is 2.16 bits per heavy atom. The van der Waals surface area contributed by atoms with Crippen LogP contribution in [0.15, 0.2) is 42.5 Å². The van der Waals surface area contributed by atoms with Gasteiger partial charge in [-0.25, -0.2) is 8.78 Å². The summed E-state index contributed by atoms with van der Waals surface area (Å²) in [5.41, 5.74) is 7.19. The number of hydrogen-bond acceptors (Lipinski definition) is 2. The maximum absolute atomic E-state index is 13.0. The van der Waals surface area contributed by atoms with Gasteiger partial charge in [-0.2, -0.15) is 0 Å². The molecule has 0 saturated carbocycles.